The van der Waals surface area contributed by atoms with Gasteiger partial charge in [0.1, 0.15) is 11.6 Å². The van der Waals surface area contributed by atoms with Gasteiger partial charge in [0.2, 0.25) is 0 Å². The van der Waals surface area contributed by atoms with Crippen LogP contribution in [0.4, 0.5) is 5.82 Å². The highest BCUT2D eigenvalue weighted by Crippen LogP contribution is 2.37. The van der Waals surface area contributed by atoms with Crippen molar-refractivity contribution in [1.82, 2.24) is 9.97 Å². The number of nitrogens with zero attached hydrogens (tertiary/aromatic N) is 1. The second kappa shape index (κ2) is 4.53. The lowest BCUT2D eigenvalue weighted by Gasteiger charge is -2.13. The number of carboxylic acid groups (broad SMARTS) is 1. The lowest BCUT2D eigenvalue weighted by atomic mass is 10.1. The Morgan fingerprint density at radius 2 is 2.21 bits per heavy atom. The molecule has 2 aliphatic carbocycles. The van der Waals surface area contributed by atoms with Gasteiger partial charge in [-0.2, -0.15) is 0 Å². The van der Waals surface area contributed by atoms with E-state index in [9.17, 15) is 9.59 Å². The fourth-order valence-corrected chi connectivity index (χ4v) is 2.28. The number of rotatable bonds is 4. The Morgan fingerprint density at radius 1 is 1.42 bits per heavy atom. The quantitative estimate of drug-likeness (QED) is 0.705. The smallest absolute Gasteiger partial charge is 0.310 e. The number of nitrogens with one attached hydrogen (secondary N) is 2. The summed E-state index contributed by atoms with van der Waals surface area (Å²) in [6, 6.07) is 1.33. The predicted molar refractivity (Wildman–Crippen MR) is 69.1 cm³/mol. The summed E-state index contributed by atoms with van der Waals surface area (Å²) in [7, 11) is 0. The van der Waals surface area contributed by atoms with Crippen molar-refractivity contribution in [3.63, 3.8) is 0 Å². The first-order valence-corrected chi connectivity index (χ1v) is 6.41. The number of aliphatic carboxylic acids is 1. The van der Waals surface area contributed by atoms with Crippen LogP contribution in [0.2, 0.25) is 0 Å². The van der Waals surface area contributed by atoms with Crippen LogP contribution in [-0.2, 0) is 4.79 Å². The summed E-state index contributed by atoms with van der Waals surface area (Å²) in [4.78, 5) is 29.5. The third-order valence-electron chi connectivity index (χ3n) is 3.46. The largest absolute Gasteiger partial charge is 0.481 e. The van der Waals surface area contributed by atoms with Gasteiger partial charge in [-0.15, -0.1) is 0 Å². The standard InChI is InChI=1S/C13H15N3O3/c17-11-6-10(15-12(16-11)7-1-2-7)14-9-4-3-8(5-9)13(18)19/h3-4,6-9H,1-2,5H2,(H,18,19)(H2,14,15,16,17). The zero-order valence-electron chi connectivity index (χ0n) is 10.3. The Morgan fingerprint density at radius 3 is 2.84 bits per heavy atom. The Balaban J connectivity index is 1.72. The first-order valence-electron chi connectivity index (χ1n) is 6.41. The molecule has 6 nitrogen and oxygen atoms in total. The molecule has 1 saturated carbocycles. The lowest BCUT2D eigenvalue weighted by Crippen LogP contribution is -2.21. The monoisotopic (exact) mass is 261 g/mol. The molecule has 1 aromatic heterocycles. The van der Waals surface area contributed by atoms with Gasteiger partial charge in [0.25, 0.3) is 5.56 Å². The van der Waals surface area contributed by atoms with Crippen LogP contribution in [0.25, 0.3) is 0 Å². The van der Waals surface area contributed by atoms with Crippen molar-refractivity contribution in [2.75, 3.05) is 5.32 Å². The maximum absolute atomic E-state index is 11.5. The summed E-state index contributed by atoms with van der Waals surface area (Å²) in [6.45, 7) is 0. The van der Waals surface area contributed by atoms with Crippen molar-refractivity contribution in [2.45, 2.75) is 31.2 Å². The molecule has 0 bridgehead atoms. The molecule has 1 heterocycles. The van der Waals surface area contributed by atoms with E-state index in [0.29, 0.717) is 18.2 Å². The molecular formula is C13H15N3O3. The van der Waals surface area contributed by atoms with Crippen LogP contribution in [0.3, 0.4) is 0 Å². The van der Waals surface area contributed by atoms with Gasteiger partial charge < -0.3 is 15.4 Å². The van der Waals surface area contributed by atoms with Crippen molar-refractivity contribution in [2.24, 2.45) is 5.92 Å². The van der Waals surface area contributed by atoms with Crippen LogP contribution in [0.15, 0.2) is 23.0 Å². The van der Waals surface area contributed by atoms with Crippen molar-refractivity contribution in [1.29, 1.82) is 0 Å². The molecule has 0 amide bonds. The number of hydrogen-bond donors (Lipinski definition) is 3. The minimum Gasteiger partial charge on any atom is -0.481 e. The van der Waals surface area contributed by atoms with Gasteiger partial charge in [-0.05, 0) is 19.3 Å². The molecule has 3 N–H and O–H groups in total. The average Bonchev–Trinajstić information content (AvgIpc) is 3.09. The summed E-state index contributed by atoms with van der Waals surface area (Å²) < 4.78 is 0. The number of carboxylic acids is 1. The van der Waals surface area contributed by atoms with E-state index >= 15 is 0 Å². The average molecular weight is 261 g/mol. The number of hydrogen-bond acceptors (Lipinski definition) is 4. The first-order chi connectivity index (χ1) is 9.11. The zero-order chi connectivity index (χ0) is 13.4. The summed E-state index contributed by atoms with van der Waals surface area (Å²) in [5, 5.41) is 12.0. The second-order valence-corrected chi connectivity index (χ2v) is 5.11. The van der Waals surface area contributed by atoms with Gasteiger partial charge in [-0.1, -0.05) is 12.2 Å². The van der Waals surface area contributed by atoms with E-state index in [4.69, 9.17) is 5.11 Å². The van der Waals surface area contributed by atoms with Gasteiger partial charge in [0.15, 0.2) is 0 Å². The topological polar surface area (TPSA) is 95.1 Å². The molecule has 2 aliphatic rings. The molecule has 6 heteroatoms. The Kier molecular flexibility index (Phi) is 2.85. The molecule has 2 unspecified atom stereocenters. The highest BCUT2D eigenvalue weighted by molar-refractivity contribution is 5.73. The van der Waals surface area contributed by atoms with Gasteiger partial charge in [-0.3, -0.25) is 9.59 Å². The summed E-state index contributed by atoms with van der Waals surface area (Å²) in [6.07, 6.45) is 6.11. The highest BCUT2D eigenvalue weighted by Gasteiger charge is 2.27. The van der Waals surface area contributed by atoms with Gasteiger partial charge in [-0.25, -0.2) is 4.98 Å². The van der Waals surface area contributed by atoms with E-state index in [-0.39, 0.29) is 11.6 Å². The number of aromatic amines is 1. The fourth-order valence-electron chi connectivity index (χ4n) is 2.28. The molecule has 0 saturated heterocycles. The summed E-state index contributed by atoms with van der Waals surface area (Å²) >= 11 is 0. The van der Waals surface area contributed by atoms with Gasteiger partial charge in [0, 0.05) is 18.0 Å². The molecule has 0 aliphatic heterocycles. The molecule has 3 rings (SSSR count). The van der Waals surface area contributed by atoms with Crippen LogP contribution < -0.4 is 10.9 Å². The predicted octanol–water partition coefficient (Wildman–Crippen LogP) is 1.09. The minimum atomic E-state index is -0.821. The molecule has 0 spiro atoms. The first kappa shape index (κ1) is 12.0. The zero-order valence-corrected chi connectivity index (χ0v) is 10.3. The van der Waals surface area contributed by atoms with Gasteiger partial charge in [0.05, 0.1) is 5.92 Å². The van der Waals surface area contributed by atoms with E-state index in [2.05, 4.69) is 15.3 Å². The van der Waals surface area contributed by atoms with Crippen LogP contribution in [0.1, 0.15) is 31.0 Å². The molecule has 2 atom stereocenters. The van der Waals surface area contributed by atoms with Crippen molar-refractivity contribution >= 4 is 11.8 Å². The molecule has 100 valence electrons. The number of aromatic nitrogens is 2. The highest BCUT2D eigenvalue weighted by atomic mass is 16.4. The van der Waals surface area contributed by atoms with E-state index in [1.54, 1.807) is 6.08 Å². The molecule has 19 heavy (non-hydrogen) atoms. The normalized spacial score (nSPS) is 25.5. The second-order valence-electron chi connectivity index (χ2n) is 5.11. The van der Waals surface area contributed by atoms with Crippen LogP contribution in [-0.4, -0.2) is 27.1 Å². The molecule has 1 aromatic rings. The van der Waals surface area contributed by atoms with E-state index in [1.165, 1.54) is 6.07 Å². The van der Waals surface area contributed by atoms with Crippen LogP contribution in [0.5, 0.6) is 0 Å². The van der Waals surface area contributed by atoms with Crippen LogP contribution >= 0.6 is 0 Å². The SMILES string of the molecule is O=C(O)C1C=CC(Nc2cc(=O)[nH]c(C3CC3)n2)C1. The third kappa shape index (κ3) is 2.67. The molecular weight excluding hydrogens is 246 g/mol. The number of carbonyl (C=O) groups is 1. The summed E-state index contributed by atoms with van der Waals surface area (Å²) in [5.41, 5.74) is -0.170. The maximum atomic E-state index is 11.5. The maximum Gasteiger partial charge on any atom is 0.310 e. The molecule has 1 fully saturated rings. The minimum absolute atomic E-state index is 0.0811. The van der Waals surface area contributed by atoms with E-state index < -0.39 is 11.9 Å². The molecule has 0 aromatic carbocycles. The number of anilines is 1. The van der Waals surface area contributed by atoms with E-state index in [0.717, 1.165) is 18.7 Å². The Labute approximate surface area is 109 Å². The molecule has 0 radical (unpaired) electrons. The number of H-pyrrole nitrogens is 1. The van der Waals surface area contributed by atoms with Crippen LogP contribution in [0, 0.1) is 5.92 Å². The fraction of sp³-hybridized carbons (Fsp3) is 0.462. The van der Waals surface area contributed by atoms with Crippen molar-refractivity contribution in [3.8, 4) is 0 Å². The third-order valence-corrected chi connectivity index (χ3v) is 3.46. The van der Waals surface area contributed by atoms with Crippen molar-refractivity contribution in [3.05, 3.63) is 34.4 Å². The summed E-state index contributed by atoms with van der Waals surface area (Å²) in [5.74, 6) is 0.346. The van der Waals surface area contributed by atoms with Gasteiger partial charge >= 0.3 is 5.97 Å². The lowest BCUT2D eigenvalue weighted by molar-refractivity contribution is -0.140. The Hall–Kier alpha value is -2.11. The Bertz CT molecular complexity index is 589. The van der Waals surface area contributed by atoms with E-state index in [1.807, 2.05) is 6.08 Å². The van der Waals surface area contributed by atoms with Crippen molar-refractivity contribution < 1.29 is 9.90 Å².